The van der Waals surface area contributed by atoms with Crippen LogP contribution in [0.3, 0.4) is 0 Å². The lowest BCUT2D eigenvalue weighted by Gasteiger charge is -2.22. The Morgan fingerprint density at radius 2 is 2.08 bits per heavy atom. The van der Waals surface area contributed by atoms with Crippen LogP contribution in [0.4, 0.5) is 5.13 Å². The summed E-state index contributed by atoms with van der Waals surface area (Å²) in [7, 11) is 0. The fourth-order valence-corrected chi connectivity index (χ4v) is 4.49. The van der Waals surface area contributed by atoms with Gasteiger partial charge in [-0.3, -0.25) is 9.59 Å². The molecule has 0 radical (unpaired) electrons. The third kappa shape index (κ3) is 2.81. The highest BCUT2D eigenvalue weighted by atomic mass is 32.1. The van der Waals surface area contributed by atoms with Crippen molar-refractivity contribution in [3.05, 3.63) is 46.7 Å². The molecule has 0 spiro atoms. The molecule has 1 fully saturated rings. The number of nitrogens with zero attached hydrogens (tertiary/aromatic N) is 2. The van der Waals surface area contributed by atoms with E-state index in [2.05, 4.69) is 10.3 Å². The number of carbonyl (C=O) groups excluding carboxylic acids is 2. The molecule has 1 saturated heterocycles. The summed E-state index contributed by atoms with van der Waals surface area (Å²) < 4.78 is 1.03. The Hall–Kier alpha value is -2.25. The quantitative estimate of drug-likeness (QED) is 0.779. The number of amides is 2. The highest BCUT2D eigenvalue weighted by Gasteiger charge is 2.35. The number of aromatic nitrogens is 1. The first kappa shape index (κ1) is 15.3. The second-order valence-corrected chi connectivity index (χ2v) is 7.59. The molecule has 122 valence electrons. The van der Waals surface area contributed by atoms with Gasteiger partial charge in [-0.2, -0.15) is 0 Å². The molecule has 1 aliphatic heterocycles. The fraction of sp³-hybridized carbons (Fsp3) is 0.235. The maximum Gasteiger partial charge on any atom is 0.264 e. The van der Waals surface area contributed by atoms with Gasteiger partial charge in [-0.15, -0.1) is 11.3 Å². The number of thiazole rings is 1. The lowest BCUT2D eigenvalue weighted by atomic mass is 10.2. The second-order valence-electron chi connectivity index (χ2n) is 5.61. The van der Waals surface area contributed by atoms with E-state index in [1.807, 2.05) is 35.7 Å². The highest BCUT2D eigenvalue weighted by Crippen LogP contribution is 2.27. The maximum absolute atomic E-state index is 12.6. The molecule has 1 atom stereocenters. The molecule has 2 amide bonds. The van der Waals surface area contributed by atoms with Gasteiger partial charge in [-0.05, 0) is 36.4 Å². The van der Waals surface area contributed by atoms with E-state index in [-0.39, 0.29) is 11.8 Å². The number of anilines is 1. The summed E-state index contributed by atoms with van der Waals surface area (Å²) in [6.45, 7) is 0.620. The van der Waals surface area contributed by atoms with E-state index in [0.717, 1.165) is 16.6 Å². The van der Waals surface area contributed by atoms with Crippen LogP contribution < -0.4 is 5.32 Å². The molecule has 4 rings (SSSR count). The number of benzene rings is 1. The Morgan fingerprint density at radius 3 is 2.88 bits per heavy atom. The normalized spacial score (nSPS) is 17.3. The van der Waals surface area contributed by atoms with Gasteiger partial charge in [-0.25, -0.2) is 4.98 Å². The molecule has 0 unspecified atom stereocenters. The van der Waals surface area contributed by atoms with E-state index in [9.17, 15) is 9.59 Å². The van der Waals surface area contributed by atoms with Crippen molar-refractivity contribution in [1.29, 1.82) is 0 Å². The van der Waals surface area contributed by atoms with Crippen molar-refractivity contribution in [3.8, 4) is 0 Å². The molecule has 1 aliphatic rings. The molecule has 3 heterocycles. The van der Waals surface area contributed by atoms with Crippen molar-refractivity contribution in [2.45, 2.75) is 18.9 Å². The molecule has 5 nitrogen and oxygen atoms in total. The zero-order valence-corrected chi connectivity index (χ0v) is 14.4. The van der Waals surface area contributed by atoms with Gasteiger partial charge in [0.05, 0.1) is 15.1 Å². The number of hydrogen-bond acceptors (Lipinski definition) is 5. The third-order valence-electron chi connectivity index (χ3n) is 4.07. The molecule has 1 N–H and O–H groups in total. The summed E-state index contributed by atoms with van der Waals surface area (Å²) >= 11 is 2.85. The van der Waals surface area contributed by atoms with Crippen LogP contribution in [0.25, 0.3) is 10.2 Å². The Labute approximate surface area is 146 Å². The molecule has 0 aliphatic carbocycles. The number of nitrogens with one attached hydrogen (secondary N) is 1. The number of carbonyl (C=O) groups is 2. The van der Waals surface area contributed by atoms with E-state index in [0.29, 0.717) is 23.0 Å². The van der Waals surface area contributed by atoms with Crippen molar-refractivity contribution in [2.24, 2.45) is 0 Å². The van der Waals surface area contributed by atoms with Crippen molar-refractivity contribution >= 4 is 49.8 Å². The first-order chi connectivity index (χ1) is 11.7. The van der Waals surface area contributed by atoms with Crippen LogP contribution in [0.15, 0.2) is 41.8 Å². The summed E-state index contributed by atoms with van der Waals surface area (Å²) in [5, 5.41) is 5.34. The summed E-state index contributed by atoms with van der Waals surface area (Å²) in [6.07, 6.45) is 1.53. The van der Waals surface area contributed by atoms with Crippen LogP contribution in [0, 0.1) is 0 Å². The number of para-hydroxylation sites is 1. The minimum Gasteiger partial charge on any atom is -0.326 e. The number of thiophene rings is 1. The zero-order chi connectivity index (χ0) is 16.5. The summed E-state index contributed by atoms with van der Waals surface area (Å²) in [5.74, 6) is -0.219. The van der Waals surface area contributed by atoms with Gasteiger partial charge in [0.2, 0.25) is 5.91 Å². The van der Waals surface area contributed by atoms with Crippen molar-refractivity contribution in [1.82, 2.24) is 9.88 Å². The van der Waals surface area contributed by atoms with Gasteiger partial charge in [-0.1, -0.05) is 29.5 Å². The Morgan fingerprint density at radius 1 is 1.21 bits per heavy atom. The van der Waals surface area contributed by atoms with Crippen LogP contribution >= 0.6 is 22.7 Å². The van der Waals surface area contributed by atoms with Gasteiger partial charge in [0, 0.05) is 6.54 Å². The standard InChI is InChI=1S/C17H15N3O2S2/c21-15(19-17-18-11-5-1-2-7-13(11)24-17)12-6-3-9-20(12)16(22)14-8-4-10-23-14/h1-2,4-5,7-8,10,12H,3,6,9H2,(H,18,19,21)/t12-/m0/s1. The third-order valence-corrected chi connectivity index (χ3v) is 5.88. The summed E-state index contributed by atoms with van der Waals surface area (Å²) in [5.41, 5.74) is 0.871. The number of likely N-dealkylation sites (tertiary alicyclic amines) is 1. The number of fused-ring (bicyclic) bond motifs is 1. The number of hydrogen-bond donors (Lipinski definition) is 1. The highest BCUT2D eigenvalue weighted by molar-refractivity contribution is 7.22. The molecule has 0 bridgehead atoms. The predicted octanol–water partition coefficient (Wildman–Crippen LogP) is 3.60. The van der Waals surface area contributed by atoms with E-state index in [1.165, 1.54) is 22.7 Å². The Bertz CT molecular complexity index is 855. The summed E-state index contributed by atoms with van der Waals surface area (Å²) in [4.78, 5) is 32.0. The lowest BCUT2D eigenvalue weighted by Crippen LogP contribution is -2.42. The topological polar surface area (TPSA) is 62.3 Å². The minimum absolute atomic E-state index is 0.0630. The van der Waals surface area contributed by atoms with Gasteiger partial charge < -0.3 is 10.2 Å². The van der Waals surface area contributed by atoms with Crippen molar-refractivity contribution < 1.29 is 9.59 Å². The smallest absolute Gasteiger partial charge is 0.264 e. The first-order valence-corrected chi connectivity index (χ1v) is 9.43. The largest absolute Gasteiger partial charge is 0.326 e. The molecular weight excluding hydrogens is 342 g/mol. The van der Waals surface area contributed by atoms with Crippen LogP contribution in [-0.4, -0.2) is 34.3 Å². The maximum atomic E-state index is 12.6. The minimum atomic E-state index is -0.424. The van der Waals surface area contributed by atoms with Crippen LogP contribution in [-0.2, 0) is 4.79 Å². The lowest BCUT2D eigenvalue weighted by molar-refractivity contribution is -0.119. The molecule has 24 heavy (non-hydrogen) atoms. The van der Waals surface area contributed by atoms with Crippen molar-refractivity contribution in [2.75, 3.05) is 11.9 Å². The van der Waals surface area contributed by atoms with Gasteiger partial charge >= 0.3 is 0 Å². The Kier molecular flexibility index (Phi) is 4.03. The zero-order valence-electron chi connectivity index (χ0n) is 12.8. The SMILES string of the molecule is O=C(Nc1nc2ccccc2s1)[C@@H]1CCCN1C(=O)c1cccs1. The average molecular weight is 357 g/mol. The molecule has 7 heteroatoms. The van der Waals surface area contributed by atoms with Gasteiger partial charge in [0.1, 0.15) is 6.04 Å². The van der Waals surface area contributed by atoms with Gasteiger partial charge in [0.25, 0.3) is 5.91 Å². The van der Waals surface area contributed by atoms with Crippen LogP contribution in [0.5, 0.6) is 0 Å². The van der Waals surface area contributed by atoms with Gasteiger partial charge in [0.15, 0.2) is 5.13 Å². The molecule has 1 aromatic carbocycles. The van der Waals surface area contributed by atoms with E-state index < -0.39 is 6.04 Å². The molecule has 3 aromatic rings. The fourth-order valence-electron chi connectivity index (χ4n) is 2.94. The molecule has 2 aromatic heterocycles. The van der Waals surface area contributed by atoms with E-state index in [4.69, 9.17) is 0 Å². The Balaban J connectivity index is 1.51. The average Bonchev–Trinajstić information content (AvgIpc) is 3.32. The second kappa shape index (κ2) is 6.33. The van der Waals surface area contributed by atoms with Crippen LogP contribution in [0.2, 0.25) is 0 Å². The van der Waals surface area contributed by atoms with E-state index >= 15 is 0 Å². The number of rotatable bonds is 3. The predicted molar refractivity (Wildman–Crippen MR) is 96.6 cm³/mol. The monoisotopic (exact) mass is 357 g/mol. The first-order valence-electron chi connectivity index (χ1n) is 7.73. The van der Waals surface area contributed by atoms with Crippen LogP contribution in [0.1, 0.15) is 22.5 Å². The van der Waals surface area contributed by atoms with Crippen molar-refractivity contribution in [3.63, 3.8) is 0 Å². The molecular formula is C17H15N3O2S2. The molecule has 0 saturated carbocycles. The van der Waals surface area contributed by atoms with E-state index in [1.54, 1.807) is 11.0 Å². The summed E-state index contributed by atoms with van der Waals surface area (Å²) in [6, 6.07) is 11.0.